The van der Waals surface area contributed by atoms with Crippen molar-refractivity contribution in [2.75, 3.05) is 27.3 Å². The zero-order valence-electron chi connectivity index (χ0n) is 11.7. The molecule has 2 atom stereocenters. The summed E-state index contributed by atoms with van der Waals surface area (Å²) in [4.78, 5) is 11.9. The third-order valence-corrected chi connectivity index (χ3v) is 6.21. The summed E-state index contributed by atoms with van der Waals surface area (Å²) in [5.74, 6) is 0.509. The van der Waals surface area contributed by atoms with Crippen LogP contribution in [0.3, 0.4) is 0 Å². The molecule has 0 N–H and O–H groups in total. The first-order valence-electron chi connectivity index (χ1n) is 6.74. The SMILES string of the molecule is COP(=O)(OC)N1C[C@H]2C[C@H](C1)c1cccc(=O)n1C2. The summed E-state index contributed by atoms with van der Waals surface area (Å²) >= 11 is 0. The van der Waals surface area contributed by atoms with E-state index in [2.05, 4.69) is 0 Å². The van der Waals surface area contributed by atoms with Gasteiger partial charge in [-0.2, -0.15) is 0 Å². The first kappa shape index (κ1) is 14.0. The molecule has 0 spiro atoms. The van der Waals surface area contributed by atoms with Crippen molar-refractivity contribution in [1.29, 1.82) is 0 Å². The number of pyridine rings is 1. The summed E-state index contributed by atoms with van der Waals surface area (Å²) < 4.78 is 26.4. The lowest BCUT2D eigenvalue weighted by Gasteiger charge is -2.43. The van der Waals surface area contributed by atoms with Crippen LogP contribution in [-0.2, 0) is 20.2 Å². The summed E-state index contributed by atoms with van der Waals surface area (Å²) in [6, 6.07) is 5.37. The lowest BCUT2D eigenvalue weighted by atomic mass is 9.84. The molecule has 110 valence electrons. The van der Waals surface area contributed by atoms with Crippen LogP contribution >= 0.6 is 7.75 Å². The molecule has 3 rings (SSSR count). The van der Waals surface area contributed by atoms with Crippen LogP contribution in [0.2, 0.25) is 0 Å². The largest absolute Gasteiger partial charge is 0.407 e. The average Bonchev–Trinajstić information content (AvgIpc) is 2.47. The van der Waals surface area contributed by atoms with E-state index >= 15 is 0 Å². The first-order valence-corrected chi connectivity index (χ1v) is 8.23. The van der Waals surface area contributed by atoms with Gasteiger partial charge in [-0.1, -0.05) is 6.07 Å². The van der Waals surface area contributed by atoms with E-state index in [-0.39, 0.29) is 11.5 Å². The molecule has 0 amide bonds. The zero-order valence-corrected chi connectivity index (χ0v) is 12.6. The highest BCUT2D eigenvalue weighted by Gasteiger charge is 2.42. The third kappa shape index (κ3) is 2.17. The van der Waals surface area contributed by atoms with E-state index in [9.17, 15) is 9.36 Å². The first-order chi connectivity index (χ1) is 9.57. The van der Waals surface area contributed by atoms with Gasteiger partial charge in [0, 0.05) is 51.5 Å². The van der Waals surface area contributed by atoms with Gasteiger partial charge in [-0.15, -0.1) is 0 Å². The van der Waals surface area contributed by atoms with E-state index in [0.717, 1.165) is 12.1 Å². The van der Waals surface area contributed by atoms with Crippen LogP contribution in [0.15, 0.2) is 23.0 Å². The summed E-state index contributed by atoms with van der Waals surface area (Å²) in [5, 5.41) is 0. The fourth-order valence-corrected chi connectivity index (χ4v) is 4.82. The van der Waals surface area contributed by atoms with E-state index < -0.39 is 7.75 Å². The van der Waals surface area contributed by atoms with Crippen LogP contribution in [0, 0.1) is 5.92 Å². The van der Waals surface area contributed by atoms with Crippen molar-refractivity contribution in [2.45, 2.75) is 18.9 Å². The average molecular weight is 298 g/mol. The second-order valence-electron chi connectivity index (χ2n) is 5.40. The maximum absolute atomic E-state index is 12.5. The predicted molar refractivity (Wildman–Crippen MR) is 74.7 cm³/mol. The number of hydrogen-bond acceptors (Lipinski definition) is 4. The molecule has 1 aromatic rings. The number of hydrogen-bond donors (Lipinski definition) is 0. The fraction of sp³-hybridized carbons (Fsp3) is 0.615. The van der Waals surface area contributed by atoms with Crippen LogP contribution < -0.4 is 5.56 Å². The highest BCUT2D eigenvalue weighted by atomic mass is 31.2. The number of piperidine rings is 1. The van der Waals surface area contributed by atoms with Crippen molar-refractivity contribution in [1.82, 2.24) is 9.24 Å². The molecule has 3 heterocycles. The Morgan fingerprint density at radius 1 is 1.20 bits per heavy atom. The van der Waals surface area contributed by atoms with Gasteiger partial charge in [-0.05, 0) is 18.4 Å². The molecule has 2 aliphatic rings. The van der Waals surface area contributed by atoms with Crippen molar-refractivity contribution < 1.29 is 13.6 Å². The lowest BCUT2D eigenvalue weighted by molar-refractivity contribution is 0.134. The van der Waals surface area contributed by atoms with Gasteiger partial charge in [-0.25, -0.2) is 9.24 Å². The Kier molecular flexibility index (Phi) is 3.58. The zero-order chi connectivity index (χ0) is 14.3. The smallest absolute Gasteiger partial charge is 0.312 e. The van der Waals surface area contributed by atoms with Crippen LogP contribution in [0.5, 0.6) is 0 Å². The molecule has 1 saturated heterocycles. The topological polar surface area (TPSA) is 60.8 Å². The minimum atomic E-state index is -3.19. The third-order valence-electron chi connectivity index (χ3n) is 4.27. The Labute approximate surface area is 117 Å². The molecule has 0 saturated carbocycles. The minimum Gasteiger partial charge on any atom is -0.312 e. The highest BCUT2D eigenvalue weighted by molar-refractivity contribution is 7.51. The molecule has 0 aromatic carbocycles. The maximum Gasteiger partial charge on any atom is 0.407 e. The Balaban J connectivity index is 1.95. The molecular weight excluding hydrogens is 279 g/mol. The van der Waals surface area contributed by atoms with E-state index in [0.29, 0.717) is 25.6 Å². The van der Waals surface area contributed by atoms with Crippen molar-refractivity contribution in [3.63, 3.8) is 0 Å². The second-order valence-corrected chi connectivity index (χ2v) is 7.64. The van der Waals surface area contributed by atoms with Gasteiger partial charge in [0.05, 0.1) is 0 Å². The Morgan fingerprint density at radius 2 is 1.95 bits per heavy atom. The lowest BCUT2D eigenvalue weighted by Crippen LogP contribution is -2.46. The number of aromatic nitrogens is 1. The number of rotatable bonds is 3. The summed E-state index contributed by atoms with van der Waals surface area (Å²) in [5.41, 5.74) is 1.07. The fourth-order valence-electron chi connectivity index (χ4n) is 3.38. The van der Waals surface area contributed by atoms with Crippen molar-refractivity contribution in [3.8, 4) is 0 Å². The molecule has 0 unspecified atom stereocenters. The minimum absolute atomic E-state index is 0.0484. The van der Waals surface area contributed by atoms with Gasteiger partial charge in [0.2, 0.25) is 0 Å². The predicted octanol–water partition coefficient (Wildman–Crippen LogP) is 1.67. The van der Waals surface area contributed by atoms with Gasteiger partial charge in [0.1, 0.15) is 0 Å². The number of nitrogens with zero attached hydrogens (tertiary/aromatic N) is 2. The normalized spacial score (nSPS) is 26.3. The summed E-state index contributed by atoms with van der Waals surface area (Å²) in [6.45, 7) is 1.91. The van der Waals surface area contributed by atoms with Crippen LogP contribution in [0.4, 0.5) is 0 Å². The van der Waals surface area contributed by atoms with Crippen molar-refractivity contribution in [2.24, 2.45) is 5.92 Å². The van der Waals surface area contributed by atoms with E-state index in [1.54, 1.807) is 16.8 Å². The monoisotopic (exact) mass is 298 g/mol. The second kappa shape index (κ2) is 5.11. The van der Waals surface area contributed by atoms with E-state index in [4.69, 9.17) is 9.05 Å². The standard InChI is InChI=1S/C13H19N2O4P/c1-18-20(17,19-2)14-7-10-6-11(9-14)12-4-3-5-13(16)15(12)8-10/h3-5,10-11H,6-9H2,1-2H3/t10-,11-/m1/s1. The molecule has 20 heavy (non-hydrogen) atoms. The van der Waals surface area contributed by atoms with Crippen LogP contribution in [-0.4, -0.2) is 36.5 Å². The highest BCUT2D eigenvalue weighted by Crippen LogP contribution is 2.54. The van der Waals surface area contributed by atoms with Crippen LogP contribution in [0.1, 0.15) is 18.0 Å². The molecule has 2 bridgehead atoms. The quantitative estimate of drug-likeness (QED) is 0.794. The maximum atomic E-state index is 12.5. The van der Waals surface area contributed by atoms with Gasteiger partial charge in [-0.3, -0.25) is 13.8 Å². The molecule has 6 nitrogen and oxygen atoms in total. The Bertz CT molecular complexity index is 607. The number of fused-ring (bicyclic) bond motifs is 4. The molecule has 0 radical (unpaired) electrons. The van der Waals surface area contributed by atoms with E-state index in [1.807, 2.05) is 10.6 Å². The van der Waals surface area contributed by atoms with E-state index in [1.165, 1.54) is 14.2 Å². The summed E-state index contributed by atoms with van der Waals surface area (Å²) in [7, 11) is -0.369. The van der Waals surface area contributed by atoms with Gasteiger partial charge >= 0.3 is 7.75 Å². The molecule has 7 heteroatoms. The Morgan fingerprint density at radius 3 is 2.65 bits per heavy atom. The van der Waals surface area contributed by atoms with Gasteiger partial charge < -0.3 is 4.57 Å². The van der Waals surface area contributed by atoms with Crippen LogP contribution in [0.25, 0.3) is 0 Å². The van der Waals surface area contributed by atoms with Crippen molar-refractivity contribution >= 4 is 7.75 Å². The Hall–Kier alpha value is -0.940. The molecule has 1 aromatic heterocycles. The molecular formula is C13H19N2O4P. The molecule has 0 aliphatic carbocycles. The molecule has 2 aliphatic heterocycles. The van der Waals surface area contributed by atoms with Crippen molar-refractivity contribution in [3.05, 3.63) is 34.2 Å². The van der Waals surface area contributed by atoms with Gasteiger partial charge in [0.25, 0.3) is 5.56 Å². The molecule has 1 fully saturated rings. The summed E-state index contributed by atoms with van der Waals surface area (Å²) in [6.07, 6.45) is 1.02. The van der Waals surface area contributed by atoms with Gasteiger partial charge in [0.15, 0.2) is 0 Å².